The van der Waals surface area contributed by atoms with Gasteiger partial charge < -0.3 is 15.6 Å². The molecule has 0 amide bonds. The van der Waals surface area contributed by atoms with Gasteiger partial charge in [-0.1, -0.05) is 0 Å². The van der Waals surface area contributed by atoms with Crippen LogP contribution in [0.3, 0.4) is 0 Å². The van der Waals surface area contributed by atoms with E-state index in [1.165, 1.54) is 0 Å². The maximum atomic E-state index is 8.43. The van der Waals surface area contributed by atoms with Crippen LogP contribution in [0.25, 0.3) is 4.85 Å². The highest BCUT2D eigenvalue weighted by Gasteiger charge is 2.11. The van der Waals surface area contributed by atoms with Crippen LogP contribution in [-0.2, 0) is 0 Å². The largest absolute Gasteiger partial charge is 0.483 e. The van der Waals surface area contributed by atoms with Gasteiger partial charge in [0.05, 0.1) is 13.2 Å². The number of nitrogens with one attached hydrogen (secondary N) is 1. The first-order valence-corrected chi connectivity index (χ1v) is 3.24. The molecule has 0 aliphatic carbocycles. The van der Waals surface area contributed by atoms with Gasteiger partial charge in [0.25, 0.3) is 5.69 Å². The number of rotatable bonds is 3. The Bertz CT molecular complexity index is 301. The molecule has 0 spiro atoms. The number of ether oxygens (including phenoxy) is 1. The number of H-pyrrole nitrogens is 1. The average Bonchev–Trinajstić information content (AvgIpc) is 2.43. The van der Waals surface area contributed by atoms with Gasteiger partial charge in [-0.2, -0.15) is 0 Å². The first kappa shape index (κ1) is 8.36. The van der Waals surface area contributed by atoms with Crippen LogP contribution >= 0.6 is 0 Å². The fourth-order valence-corrected chi connectivity index (χ4v) is 0.683. The summed E-state index contributed by atoms with van der Waals surface area (Å²) in [6.45, 7) is 6.70. The van der Waals surface area contributed by atoms with Crippen LogP contribution in [0.4, 0.5) is 11.5 Å². The maximum absolute atomic E-state index is 8.43. The van der Waals surface area contributed by atoms with Crippen molar-refractivity contribution in [2.45, 2.75) is 0 Å². The number of hydrogen-bond donors (Lipinski definition) is 3. The molecule has 0 aliphatic heterocycles. The van der Waals surface area contributed by atoms with Crippen LogP contribution in [0.15, 0.2) is 0 Å². The Hall–Kier alpha value is -1.74. The van der Waals surface area contributed by atoms with E-state index in [-0.39, 0.29) is 30.6 Å². The summed E-state index contributed by atoms with van der Waals surface area (Å²) in [6, 6.07) is 0. The van der Waals surface area contributed by atoms with Gasteiger partial charge in [-0.15, -0.1) is 5.10 Å². The van der Waals surface area contributed by atoms with Gasteiger partial charge in [0.1, 0.15) is 12.4 Å². The van der Waals surface area contributed by atoms with E-state index in [2.05, 4.69) is 15.0 Å². The normalized spacial score (nSPS) is 9.33. The molecule has 0 bridgehead atoms. The zero-order chi connectivity index (χ0) is 8.97. The molecule has 1 aromatic heterocycles. The quantitative estimate of drug-likeness (QED) is 0.550. The lowest BCUT2D eigenvalue weighted by Gasteiger charge is -1.98. The van der Waals surface area contributed by atoms with Crippen molar-refractivity contribution in [2.75, 3.05) is 18.9 Å². The minimum atomic E-state index is -0.121. The Balaban J connectivity index is 2.79. The van der Waals surface area contributed by atoms with E-state index < -0.39 is 0 Å². The summed E-state index contributed by atoms with van der Waals surface area (Å²) in [4.78, 5) is 3.11. The molecule has 0 fully saturated rings. The van der Waals surface area contributed by atoms with E-state index in [1.54, 1.807) is 0 Å². The van der Waals surface area contributed by atoms with Crippen molar-refractivity contribution >= 4 is 11.5 Å². The average molecular weight is 168 g/mol. The summed E-state index contributed by atoms with van der Waals surface area (Å²) in [5.74, 6) is 0.314. The number of nitrogen functional groups attached to an aromatic ring is 1. The van der Waals surface area contributed by atoms with Crippen LogP contribution in [0.2, 0.25) is 0 Å². The molecule has 4 N–H and O–H groups in total. The summed E-state index contributed by atoms with van der Waals surface area (Å²) in [5, 5.41) is 14.5. The predicted octanol–water partition coefficient (Wildman–Crippen LogP) is -0.0862. The van der Waals surface area contributed by atoms with Crippen molar-refractivity contribution in [1.82, 2.24) is 10.2 Å². The molecule has 1 rings (SSSR count). The highest BCUT2D eigenvalue weighted by atomic mass is 16.5. The van der Waals surface area contributed by atoms with Gasteiger partial charge in [-0.3, -0.25) is 5.10 Å². The molecule has 1 aromatic rings. The Morgan fingerprint density at radius 2 is 2.50 bits per heavy atom. The van der Waals surface area contributed by atoms with Gasteiger partial charge in [-0.05, 0) is 0 Å². The number of aromatic nitrogens is 2. The van der Waals surface area contributed by atoms with Crippen molar-refractivity contribution in [3.05, 3.63) is 11.4 Å². The van der Waals surface area contributed by atoms with E-state index in [1.807, 2.05) is 0 Å². The van der Waals surface area contributed by atoms with Crippen molar-refractivity contribution in [3.8, 4) is 5.88 Å². The fraction of sp³-hybridized carbons (Fsp3) is 0.333. The number of aliphatic hydroxyl groups is 1. The molecule has 1 heterocycles. The molecule has 0 unspecified atom stereocenters. The highest BCUT2D eigenvalue weighted by molar-refractivity contribution is 5.68. The van der Waals surface area contributed by atoms with Gasteiger partial charge in [-0.25, -0.2) is 4.85 Å². The van der Waals surface area contributed by atoms with E-state index in [4.69, 9.17) is 22.1 Å². The fourth-order valence-electron chi connectivity index (χ4n) is 0.683. The third-order valence-corrected chi connectivity index (χ3v) is 1.18. The molecule has 6 nitrogen and oxygen atoms in total. The van der Waals surface area contributed by atoms with Crippen LogP contribution in [0.5, 0.6) is 5.88 Å². The minimum absolute atomic E-state index is 0.104. The molecular formula is C6H8N4O2. The summed E-state index contributed by atoms with van der Waals surface area (Å²) in [7, 11) is 0. The zero-order valence-electron chi connectivity index (χ0n) is 6.24. The van der Waals surface area contributed by atoms with E-state index >= 15 is 0 Å². The number of aromatic amines is 1. The molecule has 0 radical (unpaired) electrons. The molecule has 0 aliphatic rings. The number of anilines is 1. The van der Waals surface area contributed by atoms with Gasteiger partial charge >= 0.3 is 0 Å². The summed E-state index contributed by atoms with van der Waals surface area (Å²) < 4.78 is 4.91. The van der Waals surface area contributed by atoms with E-state index in [0.717, 1.165) is 0 Å². The third kappa shape index (κ3) is 1.46. The number of aliphatic hydroxyl groups excluding tert-OH is 1. The summed E-state index contributed by atoms with van der Waals surface area (Å²) in [5.41, 5.74) is 5.51. The monoisotopic (exact) mass is 168 g/mol. The second-order valence-electron chi connectivity index (χ2n) is 1.97. The van der Waals surface area contributed by atoms with Crippen LogP contribution in [0, 0.1) is 6.57 Å². The lowest BCUT2D eigenvalue weighted by Crippen LogP contribution is -2.01. The Labute approximate surface area is 68.8 Å². The molecule has 0 saturated carbocycles. The first-order valence-electron chi connectivity index (χ1n) is 3.24. The van der Waals surface area contributed by atoms with Crippen molar-refractivity contribution in [3.63, 3.8) is 0 Å². The molecule has 0 aromatic carbocycles. The smallest absolute Gasteiger partial charge is 0.288 e. The van der Waals surface area contributed by atoms with Crippen LogP contribution in [0.1, 0.15) is 0 Å². The summed E-state index contributed by atoms with van der Waals surface area (Å²) in [6.07, 6.45) is 0. The molecule has 12 heavy (non-hydrogen) atoms. The molecule has 64 valence electrons. The molecule has 0 saturated heterocycles. The van der Waals surface area contributed by atoms with E-state index in [0.29, 0.717) is 0 Å². The topological polar surface area (TPSA) is 88.5 Å². The molecule has 6 heteroatoms. The third-order valence-electron chi connectivity index (χ3n) is 1.18. The minimum Gasteiger partial charge on any atom is -0.483 e. The first-order chi connectivity index (χ1) is 5.79. The Morgan fingerprint density at radius 1 is 1.75 bits per heavy atom. The lowest BCUT2D eigenvalue weighted by atomic mass is 10.5. The van der Waals surface area contributed by atoms with Gasteiger partial charge in [0, 0.05) is 0 Å². The number of hydrogen-bond acceptors (Lipinski definition) is 4. The van der Waals surface area contributed by atoms with Crippen LogP contribution in [-0.4, -0.2) is 28.5 Å². The lowest BCUT2D eigenvalue weighted by molar-refractivity contribution is 0.197. The van der Waals surface area contributed by atoms with Crippen molar-refractivity contribution in [2.24, 2.45) is 0 Å². The number of nitrogens with zero attached hydrogens (tertiary/aromatic N) is 2. The Morgan fingerprint density at radius 3 is 3.08 bits per heavy atom. The van der Waals surface area contributed by atoms with Gasteiger partial charge in [0.2, 0.25) is 5.88 Å². The number of nitrogens with two attached hydrogens (primary N) is 1. The molecule has 0 atom stereocenters. The van der Waals surface area contributed by atoms with Crippen LogP contribution < -0.4 is 10.5 Å². The maximum Gasteiger partial charge on any atom is 0.288 e. The van der Waals surface area contributed by atoms with Crippen molar-refractivity contribution in [1.29, 1.82) is 0 Å². The predicted molar refractivity (Wildman–Crippen MR) is 41.8 cm³/mol. The molecular weight excluding hydrogens is 160 g/mol. The summed E-state index contributed by atoms with van der Waals surface area (Å²) >= 11 is 0. The van der Waals surface area contributed by atoms with E-state index in [9.17, 15) is 0 Å². The van der Waals surface area contributed by atoms with Gasteiger partial charge in [0.15, 0.2) is 0 Å². The SMILES string of the molecule is [C-]#[N+]c1c(OCCO)n[nH]c1N. The standard InChI is InChI=1S/C6H8N4O2/c1-8-4-5(7)9-10-6(4)12-3-2-11/h11H,2-3H2,(H3,7,9,10). The Kier molecular flexibility index (Phi) is 2.50. The zero-order valence-corrected chi connectivity index (χ0v) is 6.24. The second-order valence-corrected chi connectivity index (χ2v) is 1.97. The van der Waals surface area contributed by atoms with Crippen molar-refractivity contribution < 1.29 is 9.84 Å². The highest BCUT2D eigenvalue weighted by Crippen LogP contribution is 2.30. The second kappa shape index (κ2) is 3.59.